The molecule has 1 atom stereocenters. The lowest BCUT2D eigenvalue weighted by Gasteiger charge is -2.26. The summed E-state index contributed by atoms with van der Waals surface area (Å²) in [4.78, 5) is 3.47. The van der Waals surface area contributed by atoms with E-state index in [1.165, 1.54) is 67.2 Å². The normalized spacial score (nSPS) is 13.9. The van der Waals surface area contributed by atoms with Crippen molar-refractivity contribution < 1.29 is 0 Å². The highest BCUT2D eigenvalue weighted by Gasteiger charge is 2.08. The maximum Gasteiger partial charge on any atom is 0.0721 e. The van der Waals surface area contributed by atoms with Gasteiger partial charge in [-0.1, -0.05) is 112 Å². The van der Waals surface area contributed by atoms with Crippen LogP contribution in [0.3, 0.4) is 0 Å². The first-order chi connectivity index (χ1) is 17.9. The highest BCUT2D eigenvalue weighted by molar-refractivity contribution is 7.80. The Hall–Kier alpha value is -2.69. The molecule has 4 rings (SSSR count). The molecule has 0 bridgehead atoms. The highest BCUT2D eigenvalue weighted by atomic mass is 32.1. The van der Waals surface area contributed by atoms with Crippen molar-refractivity contribution in [1.82, 2.24) is 10.2 Å². The molecule has 1 aliphatic rings. The molecule has 200 valence electrons. The van der Waals surface area contributed by atoms with Crippen LogP contribution in [0.25, 0.3) is 10.8 Å². The Morgan fingerprint density at radius 1 is 0.946 bits per heavy atom. The Morgan fingerprint density at radius 3 is 2.22 bits per heavy atom. The van der Waals surface area contributed by atoms with Gasteiger partial charge in [0.05, 0.1) is 4.99 Å². The standard InChI is InChI=1S/C12H12.C11H15N.C10H20N2S/c1-2-10-7-8-11-5-3-4-6-12(11)9-10;1-9(10(2)12)8-11-6-4-3-5-7-11;1-10(13)11-6-5-9-12-7-3-2-4-8-12/h3-9H,2H2,1H3;3-7,9H,2,8,12H2,1H3;2-9H2,1H3,(H,11,13). The third-order valence-electron chi connectivity index (χ3n) is 6.71. The zero-order valence-corrected chi connectivity index (χ0v) is 24.0. The summed E-state index contributed by atoms with van der Waals surface area (Å²) in [7, 11) is 0. The van der Waals surface area contributed by atoms with Crippen molar-refractivity contribution in [3.8, 4) is 0 Å². The van der Waals surface area contributed by atoms with Crippen LogP contribution in [0.5, 0.6) is 0 Å². The fraction of sp³-hybridized carbons (Fsp3) is 0.424. The van der Waals surface area contributed by atoms with Crippen LogP contribution in [0.15, 0.2) is 85.1 Å². The minimum Gasteiger partial charge on any atom is -0.402 e. The van der Waals surface area contributed by atoms with Gasteiger partial charge in [0.15, 0.2) is 0 Å². The number of nitrogens with two attached hydrogens (primary N) is 1. The van der Waals surface area contributed by atoms with Crippen molar-refractivity contribution in [2.45, 2.75) is 59.3 Å². The van der Waals surface area contributed by atoms with Gasteiger partial charge in [-0.15, -0.1) is 0 Å². The summed E-state index contributed by atoms with van der Waals surface area (Å²) in [6.45, 7) is 14.8. The third kappa shape index (κ3) is 12.9. The fourth-order valence-corrected chi connectivity index (χ4v) is 4.41. The summed E-state index contributed by atoms with van der Waals surface area (Å²) in [5, 5.41) is 5.86. The first-order valence-corrected chi connectivity index (χ1v) is 14.2. The van der Waals surface area contributed by atoms with Crippen LogP contribution >= 0.6 is 12.2 Å². The molecule has 0 aromatic heterocycles. The van der Waals surface area contributed by atoms with E-state index in [1.807, 2.05) is 25.1 Å². The van der Waals surface area contributed by atoms with Crippen molar-refractivity contribution in [2.24, 2.45) is 11.7 Å². The molecule has 3 N–H and O–H groups in total. The van der Waals surface area contributed by atoms with Crippen LogP contribution < -0.4 is 11.1 Å². The van der Waals surface area contributed by atoms with Crippen molar-refractivity contribution >= 4 is 28.0 Å². The van der Waals surface area contributed by atoms with E-state index in [9.17, 15) is 0 Å². The molecule has 1 heterocycles. The van der Waals surface area contributed by atoms with Crippen LogP contribution in [-0.4, -0.2) is 36.1 Å². The van der Waals surface area contributed by atoms with Crippen molar-refractivity contribution in [3.05, 3.63) is 96.2 Å². The van der Waals surface area contributed by atoms with E-state index in [0.29, 0.717) is 5.92 Å². The number of nitrogens with zero attached hydrogens (tertiary/aromatic N) is 1. The average molecular weight is 518 g/mol. The predicted octanol–water partition coefficient (Wildman–Crippen LogP) is 7.54. The van der Waals surface area contributed by atoms with E-state index >= 15 is 0 Å². The summed E-state index contributed by atoms with van der Waals surface area (Å²) in [6.07, 6.45) is 7.52. The van der Waals surface area contributed by atoms with Gasteiger partial charge in [0.25, 0.3) is 0 Å². The second kappa shape index (κ2) is 17.7. The number of likely N-dealkylation sites (tertiary alicyclic amines) is 1. The van der Waals surface area contributed by atoms with Gasteiger partial charge < -0.3 is 16.0 Å². The van der Waals surface area contributed by atoms with Gasteiger partial charge >= 0.3 is 0 Å². The Balaban J connectivity index is 0.000000195. The molecule has 4 heteroatoms. The molecule has 1 unspecified atom stereocenters. The number of benzene rings is 3. The van der Waals surface area contributed by atoms with Gasteiger partial charge in [-0.3, -0.25) is 0 Å². The van der Waals surface area contributed by atoms with Gasteiger partial charge in [-0.05, 0) is 86.5 Å². The molecule has 0 saturated carbocycles. The zero-order valence-electron chi connectivity index (χ0n) is 23.2. The molecule has 0 amide bonds. The Bertz CT molecular complexity index is 1060. The first kappa shape index (κ1) is 30.5. The SMILES string of the molecule is C=C(N)C(C)Cc1ccccc1.CC(=S)NCCCN1CCCCC1.CCc1ccc2ccccc2c1. The second-order valence-electron chi connectivity index (χ2n) is 9.94. The zero-order chi connectivity index (χ0) is 26.9. The molecule has 3 nitrogen and oxygen atoms in total. The molecule has 0 spiro atoms. The summed E-state index contributed by atoms with van der Waals surface area (Å²) in [5.41, 5.74) is 9.08. The summed E-state index contributed by atoms with van der Waals surface area (Å²) < 4.78 is 0. The van der Waals surface area contributed by atoms with E-state index in [-0.39, 0.29) is 0 Å². The average Bonchev–Trinajstić information content (AvgIpc) is 2.92. The highest BCUT2D eigenvalue weighted by Crippen LogP contribution is 2.15. The van der Waals surface area contributed by atoms with Crippen molar-refractivity contribution in [2.75, 3.05) is 26.2 Å². The lowest BCUT2D eigenvalue weighted by atomic mass is 9.99. The number of hydrogen-bond donors (Lipinski definition) is 2. The number of hydrogen-bond acceptors (Lipinski definition) is 3. The van der Waals surface area contributed by atoms with E-state index in [0.717, 1.165) is 30.1 Å². The summed E-state index contributed by atoms with van der Waals surface area (Å²) in [5.74, 6) is 0.368. The van der Waals surface area contributed by atoms with E-state index < -0.39 is 0 Å². The van der Waals surface area contributed by atoms with Crippen LogP contribution in [0.2, 0.25) is 0 Å². The fourth-order valence-electron chi connectivity index (χ4n) is 4.31. The molecule has 37 heavy (non-hydrogen) atoms. The lowest BCUT2D eigenvalue weighted by molar-refractivity contribution is 0.227. The molecule has 1 aliphatic heterocycles. The minimum absolute atomic E-state index is 0.368. The van der Waals surface area contributed by atoms with E-state index in [4.69, 9.17) is 18.0 Å². The van der Waals surface area contributed by atoms with E-state index in [2.05, 4.69) is 85.2 Å². The summed E-state index contributed by atoms with van der Waals surface area (Å²) in [6, 6.07) is 25.4. The molecule has 3 aromatic carbocycles. The lowest BCUT2D eigenvalue weighted by Crippen LogP contribution is -2.32. The van der Waals surface area contributed by atoms with Gasteiger partial charge in [0.1, 0.15) is 0 Å². The second-order valence-corrected chi connectivity index (χ2v) is 10.6. The molecule has 1 saturated heterocycles. The maximum atomic E-state index is 5.59. The number of aryl methyl sites for hydroxylation is 1. The van der Waals surface area contributed by atoms with Crippen LogP contribution in [0.4, 0.5) is 0 Å². The number of piperidine rings is 1. The quantitative estimate of drug-likeness (QED) is 0.239. The molecular formula is C33H47N3S. The van der Waals surface area contributed by atoms with Gasteiger partial charge in [-0.2, -0.15) is 0 Å². The molecule has 3 aromatic rings. The minimum atomic E-state index is 0.368. The molecule has 1 fully saturated rings. The predicted molar refractivity (Wildman–Crippen MR) is 167 cm³/mol. The maximum absolute atomic E-state index is 5.59. The number of thiocarbonyl (C=S) groups is 1. The Morgan fingerprint density at radius 2 is 1.59 bits per heavy atom. The first-order valence-electron chi connectivity index (χ1n) is 13.8. The Labute approximate surface area is 231 Å². The largest absolute Gasteiger partial charge is 0.402 e. The topological polar surface area (TPSA) is 41.3 Å². The van der Waals surface area contributed by atoms with Crippen LogP contribution in [0.1, 0.15) is 57.6 Å². The van der Waals surface area contributed by atoms with Crippen molar-refractivity contribution in [1.29, 1.82) is 0 Å². The van der Waals surface area contributed by atoms with Gasteiger partial charge in [-0.25, -0.2) is 0 Å². The number of nitrogens with one attached hydrogen (secondary N) is 1. The third-order valence-corrected chi connectivity index (χ3v) is 6.86. The van der Waals surface area contributed by atoms with E-state index in [1.54, 1.807) is 0 Å². The van der Waals surface area contributed by atoms with Crippen LogP contribution in [0, 0.1) is 5.92 Å². The number of fused-ring (bicyclic) bond motifs is 1. The number of allylic oxidation sites excluding steroid dienone is 1. The smallest absolute Gasteiger partial charge is 0.0721 e. The van der Waals surface area contributed by atoms with Gasteiger partial charge in [0.2, 0.25) is 0 Å². The van der Waals surface area contributed by atoms with Gasteiger partial charge in [0, 0.05) is 12.2 Å². The van der Waals surface area contributed by atoms with Crippen LogP contribution in [-0.2, 0) is 12.8 Å². The molecule has 0 aliphatic carbocycles. The number of rotatable bonds is 8. The molecular weight excluding hydrogens is 470 g/mol. The monoisotopic (exact) mass is 517 g/mol. The summed E-state index contributed by atoms with van der Waals surface area (Å²) >= 11 is 4.94. The van der Waals surface area contributed by atoms with Crippen molar-refractivity contribution in [3.63, 3.8) is 0 Å². The Kier molecular flexibility index (Phi) is 14.6. The molecule has 0 radical (unpaired) electrons.